The Bertz CT molecular complexity index is 115. The minimum absolute atomic E-state index is 0.355. The molecule has 3 heteroatoms. The quantitative estimate of drug-likeness (QED) is 0.440. The van der Waals surface area contributed by atoms with Crippen molar-refractivity contribution in [3.63, 3.8) is 0 Å². The number of hydrogen-bond donors (Lipinski definition) is 0. The maximum atomic E-state index is 11.4. The highest BCUT2D eigenvalue weighted by Gasteiger charge is 2.00. The van der Waals surface area contributed by atoms with Crippen molar-refractivity contribution in [2.24, 2.45) is 0 Å². The Labute approximate surface area is 73.1 Å². The smallest absolute Gasteiger partial charge is 0.308 e. The number of hydrogen-bond acceptors (Lipinski definition) is 2. The molecule has 0 aliphatic rings. The van der Waals surface area contributed by atoms with Gasteiger partial charge in [0.2, 0.25) is 6.86 Å². The van der Waals surface area contributed by atoms with Crippen molar-refractivity contribution < 1.29 is 13.9 Å². The minimum Gasteiger partial charge on any atom is -0.434 e. The van der Waals surface area contributed by atoms with Gasteiger partial charge >= 0.3 is 5.97 Å². The standard InChI is InChI=1S/C9H17FO2/c1-2-3-4-5-6-7-9(11)12-8-10/h2-8H2,1H3. The lowest BCUT2D eigenvalue weighted by Crippen LogP contribution is -2.02. The van der Waals surface area contributed by atoms with Crippen molar-refractivity contribution in [1.29, 1.82) is 0 Å². The van der Waals surface area contributed by atoms with E-state index in [1.165, 1.54) is 12.8 Å². The van der Waals surface area contributed by atoms with Crippen LogP contribution in [0.1, 0.15) is 45.4 Å². The summed E-state index contributed by atoms with van der Waals surface area (Å²) >= 11 is 0. The van der Waals surface area contributed by atoms with Crippen LogP contribution in [0.3, 0.4) is 0 Å². The molecule has 0 radical (unpaired) electrons. The van der Waals surface area contributed by atoms with E-state index in [1.54, 1.807) is 0 Å². The van der Waals surface area contributed by atoms with Gasteiger partial charge in [-0.1, -0.05) is 32.6 Å². The zero-order valence-electron chi connectivity index (χ0n) is 7.64. The lowest BCUT2D eigenvalue weighted by atomic mass is 10.1. The number of unbranched alkanes of at least 4 members (excludes halogenated alkanes) is 4. The van der Waals surface area contributed by atoms with Crippen LogP contribution in [0.4, 0.5) is 4.39 Å². The van der Waals surface area contributed by atoms with Crippen LogP contribution in [-0.2, 0) is 9.53 Å². The summed E-state index contributed by atoms with van der Waals surface area (Å²) < 4.78 is 15.6. The second kappa shape index (κ2) is 8.50. The van der Waals surface area contributed by atoms with Crippen LogP contribution in [0, 0.1) is 0 Å². The maximum absolute atomic E-state index is 11.4. The molecule has 0 aromatic rings. The molecule has 0 amide bonds. The topological polar surface area (TPSA) is 26.3 Å². The summed E-state index contributed by atoms with van der Waals surface area (Å²) in [5.41, 5.74) is 0. The fraction of sp³-hybridized carbons (Fsp3) is 0.889. The summed E-state index contributed by atoms with van der Waals surface area (Å²) in [6.07, 6.45) is 5.76. The molecule has 0 bridgehead atoms. The first-order chi connectivity index (χ1) is 5.81. The Kier molecular flexibility index (Phi) is 8.07. The molecule has 72 valence electrons. The molecule has 0 N–H and O–H groups in total. The van der Waals surface area contributed by atoms with Crippen LogP contribution in [0.5, 0.6) is 0 Å². The molecule has 0 aromatic heterocycles. The van der Waals surface area contributed by atoms with Gasteiger partial charge < -0.3 is 4.74 Å². The molecule has 0 spiro atoms. The number of alkyl halides is 1. The Morgan fingerprint density at radius 3 is 2.50 bits per heavy atom. The Morgan fingerprint density at radius 1 is 1.25 bits per heavy atom. The molecule has 0 unspecified atom stereocenters. The van der Waals surface area contributed by atoms with E-state index < -0.39 is 12.8 Å². The van der Waals surface area contributed by atoms with E-state index in [1.807, 2.05) is 0 Å². The van der Waals surface area contributed by atoms with Crippen molar-refractivity contribution in [2.45, 2.75) is 45.4 Å². The number of carbonyl (C=O) groups excluding carboxylic acids is 1. The monoisotopic (exact) mass is 176 g/mol. The highest BCUT2D eigenvalue weighted by molar-refractivity contribution is 5.69. The molecule has 0 saturated heterocycles. The van der Waals surface area contributed by atoms with Crippen LogP contribution < -0.4 is 0 Å². The third-order valence-electron chi connectivity index (χ3n) is 1.70. The van der Waals surface area contributed by atoms with E-state index in [2.05, 4.69) is 11.7 Å². The predicted octanol–water partition coefficient (Wildman–Crippen LogP) is 2.82. The zero-order chi connectivity index (χ0) is 9.23. The van der Waals surface area contributed by atoms with Crippen molar-refractivity contribution in [3.05, 3.63) is 0 Å². The van der Waals surface area contributed by atoms with Gasteiger partial charge in [-0.25, -0.2) is 4.39 Å². The third kappa shape index (κ3) is 7.51. The fourth-order valence-electron chi connectivity index (χ4n) is 1.01. The largest absolute Gasteiger partial charge is 0.434 e. The molecule has 2 nitrogen and oxygen atoms in total. The lowest BCUT2D eigenvalue weighted by Gasteiger charge is -1.99. The summed E-state index contributed by atoms with van der Waals surface area (Å²) in [6.45, 7) is 1.14. The van der Waals surface area contributed by atoms with Crippen molar-refractivity contribution >= 4 is 5.97 Å². The second-order valence-corrected chi connectivity index (χ2v) is 2.79. The summed E-state index contributed by atoms with van der Waals surface area (Å²) in [5.74, 6) is -0.422. The third-order valence-corrected chi connectivity index (χ3v) is 1.70. The number of carbonyl (C=O) groups is 1. The summed E-state index contributed by atoms with van der Waals surface area (Å²) in [4.78, 5) is 10.6. The van der Waals surface area contributed by atoms with Gasteiger partial charge in [0.05, 0.1) is 0 Å². The molecular formula is C9H17FO2. The Morgan fingerprint density at radius 2 is 1.92 bits per heavy atom. The summed E-state index contributed by atoms with van der Waals surface area (Å²) in [7, 11) is 0. The van der Waals surface area contributed by atoms with Gasteiger partial charge in [-0.3, -0.25) is 4.79 Å². The first kappa shape index (κ1) is 11.4. The van der Waals surface area contributed by atoms with Gasteiger partial charge in [0.15, 0.2) is 0 Å². The first-order valence-corrected chi connectivity index (χ1v) is 4.52. The van der Waals surface area contributed by atoms with E-state index in [4.69, 9.17) is 0 Å². The van der Waals surface area contributed by atoms with Crippen LogP contribution in [0.2, 0.25) is 0 Å². The van der Waals surface area contributed by atoms with Crippen LogP contribution in [-0.4, -0.2) is 12.8 Å². The number of halogens is 1. The first-order valence-electron chi connectivity index (χ1n) is 4.52. The molecule has 0 rings (SSSR count). The molecule has 0 aliphatic carbocycles. The molecule has 0 fully saturated rings. The average Bonchev–Trinajstić information content (AvgIpc) is 2.05. The highest BCUT2D eigenvalue weighted by Crippen LogP contribution is 2.05. The molecule has 0 aliphatic heterocycles. The van der Waals surface area contributed by atoms with E-state index in [9.17, 15) is 9.18 Å². The van der Waals surface area contributed by atoms with Gasteiger partial charge in [0.25, 0.3) is 0 Å². The van der Waals surface area contributed by atoms with Gasteiger partial charge in [0.1, 0.15) is 0 Å². The molecule has 12 heavy (non-hydrogen) atoms. The average molecular weight is 176 g/mol. The van der Waals surface area contributed by atoms with Gasteiger partial charge in [-0.2, -0.15) is 0 Å². The van der Waals surface area contributed by atoms with Crippen molar-refractivity contribution in [1.82, 2.24) is 0 Å². The van der Waals surface area contributed by atoms with Crippen molar-refractivity contribution in [3.8, 4) is 0 Å². The zero-order valence-corrected chi connectivity index (χ0v) is 7.64. The van der Waals surface area contributed by atoms with Gasteiger partial charge in [-0.15, -0.1) is 0 Å². The molecular weight excluding hydrogens is 159 g/mol. The molecule has 0 saturated carbocycles. The van der Waals surface area contributed by atoms with Gasteiger partial charge in [-0.05, 0) is 6.42 Å². The molecule has 0 atom stereocenters. The maximum Gasteiger partial charge on any atom is 0.308 e. The normalized spacial score (nSPS) is 9.83. The number of rotatable bonds is 7. The fourth-order valence-corrected chi connectivity index (χ4v) is 1.01. The summed E-state index contributed by atoms with van der Waals surface area (Å²) in [6, 6.07) is 0. The highest BCUT2D eigenvalue weighted by atomic mass is 19.1. The molecule has 0 heterocycles. The van der Waals surface area contributed by atoms with Crippen LogP contribution in [0.25, 0.3) is 0 Å². The van der Waals surface area contributed by atoms with E-state index >= 15 is 0 Å². The van der Waals surface area contributed by atoms with E-state index in [-0.39, 0.29) is 0 Å². The van der Waals surface area contributed by atoms with E-state index in [0.29, 0.717) is 6.42 Å². The van der Waals surface area contributed by atoms with Crippen molar-refractivity contribution in [2.75, 3.05) is 6.86 Å². The minimum atomic E-state index is -0.992. The van der Waals surface area contributed by atoms with Crippen LogP contribution >= 0.6 is 0 Å². The lowest BCUT2D eigenvalue weighted by molar-refractivity contribution is -0.147. The molecule has 0 aromatic carbocycles. The number of esters is 1. The predicted molar refractivity (Wildman–Crippen MR) is 45.4 cm³/mol. The second-order valence-electron chi connectivity index (χ2n) is 2.79. The van der Waals surface area contributed by atoms with Crippen LogP contribution in [0.15, 0.2) is 0 Å². The SMILES string of the molecule is CCCCCCCC(=O)OCF. The number of ether oxygens (including phenoxy) is 1. The van der Waals surface area contributed by atoms with Gasteiger partial charge in [0, 0.05) is 6.42 Å². The van der Waals surface area contributed by atoms with E-state index in [0.717, 1.165) is 19.3 Å². The summed E-state index contributed by atoms with van der Waals surface area (Å²) in [5, 5.41) is 0. The Hall–Kier alpha value is -0.600. The Balaban J connectivity index is 3.03.